The Labute approximate surface area is 310 Å². The van der Waals surface area contributed by atoms with Crippen LogP contribution >= 0.6 is 0 Å². The van der Waals surface area contributed by atoms with Crippen LogP contribution in [0.25, 0.3) is 0 Å². The largest absolute Gasteiger partial charge is 0.344 e. The summed E-state index contributed by atoms with van der Waals surface area (Å²) in [4.78, 5) is 70.7. The quantitative estimate of drug-likeness (QED) is 0.165. The number of Topliss-reactive ketones (excluding diaryl/α,β-unsaturated/α-hetero) is 1. The molecule has 0 bridgehead atoms. The van der Waals surface area contributed by atoms with Gasteiger partial charge in [-0.2, -0.15) is 0 Å². The fourth-order valence-corrected chi connectivity index (χ4v) is 10.8. The van der Waals surface area contributed by atoms with Crippen LogP contribution in [0.1, 0.15) is 125 Å². The molecule has 1 saturated heterocycles. The molecule has 13 heteroatoms. The number of rotatable bonds is 13. The number of nitrogens with zero attached hydrogens (tertiary/aromatic N) is 1. The van der Waals surface area contributed by atoms with Crippen LogP contribution in [0.15, 0.2) is 0 Å². The van der Waals surface area contributed by atoms with Crippen molar-refractivity contribution in [3.05, 3.63) is 0 Å². The van der Waals surface area contributed by atoms with E-state index in [0.717, 1.165) is 51.4 Å². The summed E-state index contributed by atoms with van der Waals surface area (Å²) >= 11 is 0. The normalized spacial score (nSPS) is 27.2. The second-order valence-corrected chi connectivity index (χ2v) is 21.1. The molecule has 5 atom stereocenters. The third-order valence-corrected chi connectivity index (χ3v) is 15.8. The molecule has 4 N–H and O–H groups in total. The van der Waals surface area contributed by atoms with E-state index in [-0.39, 0.29) is 41.4 Å². The van der Waals surface area contributed by atoms with Gasteiger partial charge in [-0.3, -0.25) is 19.2 Å². The third kappa shape index (κ3) is 8.47. The summed E-state index contributed by atoms with van der Waals surface area (Å²) in [6.45, 7) is 11.4. The average Bonchev–Trinajstić information content (AvgIpc) is 3.92. The third-order valence-electron chi connectivity index (χ3n) is 13.0. The highest BCUT2D eigenvalue weighted by atomic mass is 32.2. The molecular formula is C39H61N5O7S. The Balaban J connectivity index is 1.40. The predicted molar refractivity (Wildman–Crippen MR) is 198 cm³/mol. The van der Waals surface area contributed by atoms with Gasteiger partial charge in [0.15, 0.2) is 9.84 Å². The molecule has 1 heterocycles. The zero-order valence-electron chi connectivity index (χ0n) is 32.1. The Hall–Kier alpha value is -3.14. The van der Waals surface area contributed by atoms with Gasteiger partial charge in [0.25, 0.3) is 5.91 Å². The van der Waals surface area contributed by atoms with Crippen LogP contribution in [0.2, 0.25) is 0 Å². The van der Waals surface area contributed by atoms with Crippen molar-refractivity contribution in [2.45, 2.75) is 153 Å². The number of fused-ring (bicyclic) bond motifs is 1. The SMILES string of the molecule is C#CCNC(=O)C(=O)C(CC1CC1)NC(=O)[C@@H]1[C@@H]2[C@H](CN1C(=O)[C@@H](NC(=O)NC1(CS(=O)(=O)C(C)(C)C)CCCCC1)C1(C)CCCCC1)C2(C)C. The van der Waals surface area contributed by atoms with Crippen molar-refractivity contribution in [3.63, 3.8) is 0 Å². The van der Waals surface area contributed by atoms with Crippen LogP contribution < -0.4 is 21.3 Å². The first-order valence-corrected chi connectivity index (χ1v) is 21.1. The first-order chi connectivity index (χ1) is 24.3. The number of piperidine rings is 1. The fraction of sp³-hybridized carbons (Fsp3) is 0.821. The number of nitrogens with one attached hydrogen (secondary N) is 4. The van der Waals surface area contributed by atoms with Crippen molar-refractivity contribution in [1.29, 1.82) is 0 Å². The van der Waals surface area contributed by atoms with E-state index in [9.17, 15) is 32.4 Å². The number of hydrogen-bond acceptors (Lipinski definition) is 7. The maximum atomic E-state index is 14.9. The highest BCUT2D eigenvalue weighted by molar-refractivity contribution is 7.92. The van der Waals surface area contributed by atoms with Gasteiger partial charge in [0, 0.05) is 6.54 Å². The highest BCUT2D eigenvalue weighted by Crippen LogP contribution is 2.65. The number of likely N-dealkylation sites (tertiary alicyclic amines) is 1. The molecule has 0 radical (unpaired) electrons. The lowest BCUT2D eigenvalue weighted by atomic mass is 9.70. The number of sulfone groups is 1. The molecular weight excluding hydrogens is 683 g/mol. The first kappa shape index (κ1) is 40.1. The number of urea groups is 1. The molecule has 0 aromatic rings. The van der Waals surface area contributed by atoms with Crippen molar-refractivity contribution in [2.24, 2.45) is 28.6 Å². The summed E-state index contributed by atoms with van der Waals surface area (Å²) in [5, 5.41) is 11.4. The molecule has 1 aliphatic heterocycles. The summed E-state index contributed by atoms with van der Waals surface area (Å²) in [5.41, 5.74) is -1.75. The molecule has 0 spiro atoms. The molecule has 5 aliphatic rings. The maximum absolute atomic E-state index is 14.9. The van der Waals surface area contributed by atoms with Gasteiger partial charge in [0.05, 0.1) is 28.6 Å². The molecule has 5 rings (SSSR count). The van der Waals surface area contributed by atoms with E-state index in [0.29, 0.717) is 38.6 Å². The molecule has 4 aliphatic carbocycles. The Kier molecular flexibility index (Phi) is 11.5. The summed E-state index contributed by atoms with van der Waals surface area (Å²) in [6.07, 6.45) is 15.3. The number of carbonyl (C=O) groups is 5. The zero-order chi connectivity index (χ0) is 38.3. The van der Waals surface area contributed by atoms with Gasteiger partial charge < -0.3 is 26.2 Å². The van der Waals surface area contributed by atoms with E-state index >= 15 is 0 Å². The van der Waals surface area contributed by atoms with Crippen LogP contribution in [0.3, 0.4) is 0 Å². The van der Waals surface area contributed by atoms with Crippen molar-refractivity contribution < 1.29 is 32.4 Å². The molecule has 1 unspecified atom stereocenters. The molecule has 5 amide bonds. The minimum Gasteiger partial charge on any atom is -0.344 e. The molecule has 12 nitrogen and oxygen atoms in total. The summed E-state index contributed by atoms with van der Waals surface area (Å²) in [7, 11) is -3.57. The van der Waals surface area contributed by atoms with Gasteiger partial charge in [-0.25, -0.2) is 13.2 Å². The smallest absolute Gasteiger partial charge is 0.315 e. The summed E-state index contributed by atoms with van der Waals surface area (Å²) < 4.78 is 25.9. The minimum absolute atomic E-state index is 0.0606. The zero-order valence-corrected chi connectivity index (χ0v) is 32.9. The summed E-state index contributed by atoms with van der Waals surface area (Å²) in [6, 6.07) is -3.45. The highest BCUT2D eigenvalue weighted by Gasteiger charge is 2.70. The Morgan fingerprint density at radius 2 is 1.50 bits per heavy atom. The van der Waals surface area contributed by atoms with Crippen molar-refractivity contribution in [3.8, 4) is 12.3 Å². The number of hydrogen-bond donors (Lipinski definition) is 4. The van der Waals surface area contributed by atoms with E-state index in [1.807, 2.05) is 6.92 Å². The van der Waals surface area contributed by atoms with Gasteiger partial charge in [-0.1, -0.05) is 78.1 Å². The Bertz CT molecular complexity index is 1560. The standard InChI is InChI=1S/C39H61N5O7S/c1-8-21-40-33(47)30(45)27(22-25-15-16-25)41-32(46)29-28-26(37(28,5)6)23-44(29)34(48)31(38(7)17-11-9-12-18-38)42-35(49)43-39(19-13-10-14-20-39)24-52(50,51)36(2,3)4/h1,25-29,31H,9-24H2,2-7H3,(H,40,47)(H,41,46)(H2,42,43,49)/t26-,27?,28-,29-,31+/m0/s1. The van der Waals surface area contributed by atoms with E-state index < -0.39 is 67.3 Å². The van der Waals surface area contributed by atoms with Crippen molar-refractivity contribution >= 4 is 39.4 Å². The van der Waals surface area contributed by atoms with Crippen molar-refractivity contribution in [2.75, 3.05) is 18.8 Å². The molecule has 4 saturated carbocycles. The second kappa shape index (κ2) is 14.9. The predicted octanol–water partition coefficient (Wildman–Crippen LogP) is 3.63. The van der Waals surface area contributed by atoms with Gasteiger partial charge in [-0.05, 0) is 81.5 Å². The number of carbonyl (C=O) groups excluding carboxylic acids is 5. The van der Waals surface area contributed by atoms with E-state index in [4.69, 9.17) is 6.42 Å². The van der Waals surface area contributed by atoms with Gasteiger partial charge in [0.2, 0.25) is 17.6 Å². The molecule has 290 valence electrons. The van der Waals surface area contributed by atoms with Crippen LogP contribution in [-0.2, 0) is 29.0 Å². The Morgan fingerprint density at radius 1 is 0.904 bits per heavy atom. The Morgan fingerprint density at radius 3 is 2.06 bits per heavy atom. The van der Waals surface area contributed by atoms with Gasteiger partial charge in [-0.15, -0.1) is 6.42 Å². The minimum atomic E-state index is -3.57. The number of amides is 5. The second-order valence-electron chi connectivity index (χ2n) is 18.3. The van der Waals surface area contributed by atoms with E-state index in [1.165, 1.54) is 0 Å². The van der Waals surface area contributed by atoms with Crippen molar-refractivity contribution in [1.82, 2.24) is 26.2 Å². The van der Waals surface area contributed by atoms with Crippen LogP contribution in [-0.4, -0.2) is 90.1 Å². The number of terminal acetylenes is 1. The topological polar surface area (TPSA) is 171 Å². The fourth-order valence-electron chi connectivity index (χ4n) is 9.24. The maximum Gasteiger partial charge on any atom is 0.315 e. The molecule has 5 fully saturated rings. The lowest BCUT2D eigenvalue weighted by molar-refractivity contribution is -0.146. The summed E-state index contributed by atoms with van der Waals surface area (Å²) in [5.74, 6) is -0.175. The molecule has 0 aromatic carbocycles. The lowest BCUT2D eigenvalue weighted by Crippen LogP contribution is -2.65. The average molecular weight is 744 g/mol. The van der Waals surface area contributed by atoms with Gasteiger partial charge in [0.1, 0.15) is 12.1 Å². The van der Waals surface area contributed by atoms with Gasteiger partial charge >= 0.3 is 6.03 Å². The number of ketones is 1. The monoisotopic (exact) mass is 743 g/mol. The van der Waals surface area contributed by atoms with E-state index in [2.05, 4.69) is 41.0 Å². The molecule has 0 aromatic heterocycles. The van der Waals surface area contributed by atoms with Crippen LogP contribution in [0.5, 0.6) is 0 Å². The van der Waals surface area contributed by atoms with E-state index in [1.54, 1.807) is 25.7 Å². The first-order valence-electron chi connectivity index (χ1n) is 19.4. The van der Waals surface area contributed by atoms with Crippen LogP contribution in [0.4, 0.5) is 4.79 Å². The van der Waals surface area contributed by atoms with Crippen LogP contribution in [0, 0.1) is 40.9 Å². The lowest BCUT2D eigenvalue weighted by Gasteiger charge is -2.44. The molecule has 52 heavy (non-hydrogen) atoms.